The maximum atomic E-state index is 16.5. The van der Waals surface area contributed by atoms with Crippen LogP contribution in [-0.4, -0.2) is 77.8 Å². The van der Waals surface area contributed by atoms with E-state index in [-0.39, 0.29) is 0 Å². The molecule has 0 bridgehead atoms. The van der Waals surface area contributed by atoms with E-state index >= 15 is 8.39 Å². The fourth-order valence-corrected chi connectivity index (χ4v) is 8.37. The van der Waals surface area contributed by atoms with Gasteiger partial charge in [-0.3, -0.25) is 0 Å². The number of esters is 4. The minimum absolute atomic E-state index is 0.375. The van der Waals surface area contributed by atoms with Crippen LogP contribution in [0.3, 0.4) is 0 Å². The first-order chi connectivity index (χ1) is 22.4. The van der Waals surface area contributed by atoms with Gasteiger partial charge in [0.05, 0.1) is 0 Å². The molecule has 0 aromatic rings. The van der Waals surface area contributed by atoms with Crippen LogP contribution in [0.15, 0.2) is 0 Å². The number of hydrogen-bond donors (Lipinski definition) is 1. The molecule has 1 aliphatic heterocycles. The van der Waals surface area contributed by atoms with Crippen LogP contribution in [0, 0.1) is 0 Å². The van der Waals surface area contributed by atoms with Crippen LogP contribution in [0.4, 0.5) is 8.39 Å². The zero-order chi connectivity index (χ0) is 34.1. The normalized spacial score (nSPS) is 28.1. The van der Waals surface area contributed by atoms with Gasteiger partial charge in [0.15, 0.2) is 0 Å². The molecule has 12 nitrogen and oxygen atoms in total. The van der Waals surface area contributed by atoms with Gasteiger partial charge >= 0.3 is 275 Å². The Morgan fingerprint density at radius 2 is 1.15 bits per heavy atom. The molecule has 0 aromatic carbocycles. The van der Waals surface area contributed by atoms with Crippen molar-refractivity contribution in [2.24, 2.45) is 0 Å². The van der Waals surface area contributed by atoms with Crippen molar-refractivity contribution in [2.75, 3.05) is 0 Å². The third-order valence-electron chi connectivity index (χ3n) is 9.19. The van der Waals surface area contributed by atoms with Crippen molar-refractivity contribution in [3.8, 4) is 0 Å². The van der Waals surface area contributed by atoms with Gasteiger partial charge in [-0.2, -0.15) is 0 Å². The zero-order valence-corrected chi connectivity index (χ0v) is 28.4. The Kier molecular flexibility index (Phi) is 13.8. The average Bonchev–Trinajstić information content (AvgIpc) is 3.37. The average molecular weight is 697 g/mol. The summed E-state index contributed by atoms with van der Waals surface area (Å²) in [6.45, 7) is 3.61. The number of ether oxygens (including phenoxy) is 4. The zero-order valence-electron chi connectivity index (χ0n) is 27.5. The summed E-state index contributed by atoms with van der Waals surface area (Å²) in [6, 6.07) is 0. The fraction of sp³-hybridized carbons (Fsp3) is 0.875. The molecule has 1 heterocycles. The van der Waals surface area contributed by atoms with Crippen LogP contribution >= 0.6 is 7.91 Å². The maximum absolute atomic E-state index is 16.5. The summed E-state index contributed by atoms with van der Waals surface area (Å²) in [5.41, 5.74) is 0. The quantitative estimate of drug-likeness (QED) is 0.123. The molecule has 4 aliphatic rings. The van der Waals surface area contributed by atoms with Gasteiger partial charge < -0.3 is 0 Å². The van der Waals surface area contributed by atoms with Crippen molar-refractivity contribution in [2.45, 2.75) is 178 Å². The first-order valence-electron chi connectivity index (χ1n) is 17.4. The number of aliphatic hydroxyl groups is 1. The minimum atomic E-state index is -7.61. The molecule has 5 atom stereocenters. The summed E-state index contributed by atoms with van der Waals surface area (Å²) in [5, 5.41) is 11.0. The Hall–Kier alpha value is -1.99. The Morgan fingerprint density at radius 1 is 0.702 bits per heavy atom. The second-order valence-corrected chi connectivity index (χ2v) is 15.1. The molecule has 3 saturated carbocycles. The molecule has 0 radical (unpaired) electrons. The molecule has 0 spiro atoms. The van der Waals surface area contributed by atoms with Gasteiger partial charge in [-0.1, -0.05) is 0 Å². The van der Waals surface area contributed by atoms with Crippen molar-refractivity contribution in [1.82, 2.24) is 0 Å². The second-order valence-electron chi connectivity index (χ2n) is 13.1. The van der Waals surface area contributed by atoms with E-state index in [2.05, 4.69) is 0 Å². The first-order valence-corrected chi connectivity index (χ1v) is 19.2. The van der Waals surface area contributed by atoms with E-state index in [0.717, 1.165) is 57.8 Å². The van der Waals surface area contributed by atoms with Gasteiger partial charge in [0, 0.05) is 0 Å². The van der Waals surface area contributed by atoms with Crippen LogP contribution < -0.4 is 0 Å². The molecule has 3 aliphatic carbocycles. The molecule has 0 aromatic heterocycles. The molecule has 0 amide bonds. The third-order valence-corrected chi connectivity index (χ3v) is 10.9. The molecular formula is C32H51F2O12P. The third kappa shape index (κ3) is 10.7. The topological polar surface area (TPSA) is 153 Å². The number of halogens is 2. The van der Waals surface area contributed by atoms with E-state index in [1.54, 1.807) is 6.92 Å². The fourth-order valence-electron chi connectivity index (χ4n) is 6.55. The number of carbonyl (C=O) groups is 4. The van der Waals surface area contributed by atoms with Crippen molar-refractivity contribution >= 4 is 31.8 Å². The van der Waals surface area contributed by atoms with E-state index in [1.165, 1.54) is 0 Å². The summed E-state index contributed by atoms with van der Waals surface area (Å²) >= 11 is 0. The SMILES string of the molecule is CCCC(CC)OC(=O)C1OP(F)(F)(OC(C(=O)OC2CCCCC2)C(O)C(=O)OC2CCCCC2)OC1C(=O)OC1CCCCC1. The van der Waals surface area contributed by atoms with Crippen molar-refractivity contribution in [1.29, 1.82) is 0 Å². The Bertz CT molecular complexity index is 1040. The predicted molar refractivity (Wildman–Crippen MR) is 164 cm³/mol. The van der Waals surface area contributed by atoms with Gasteiger partial charge in [-0.25, -0.2) is 0 Å². The molecule has 4 rings (SSSR count). The van der Waals surface area contributed by atoms with E-state index in [1.807, 2.05) is 6.92 Å². The van der Waals surface area contributed by atoms with Crippen LogP contribution in [0.5, 0.6) is 0 Å². The summed E-state index contributed by atoms with van der Waals surface area (Å²) in [4.78, 5) is 52.9. The molecule has 15 heteroatoms. The van der Waals surface area contributed by atoms with Gasteiger partial charge in [0.25, 0.3) is 0 Å². The summed E-state index contributed by atoms with van der Waals surface area (Å²) in [7, 11) is -7.61. The predicted octanol–water partition coefficient (Wildman–Crippen LogP) is 6.33. The van der Waals surface area contributed by atoms with Crippen molar-refractivity contribution in [3.63, 3.8) is 0 Å². The molecule has 1 N–H and O–H groups in total. The van der Waals surface area contributed by atoms with Gasteiger partial charge in [-0.15, -0.1) is 0 Å². The molecule has 270 valence electrons. The van der Waals surface area contributed by atoms with E-state index in [0.29, 0.717) is 57.8 Å². The first kappa shape index (κ1) is 37.8. The molecule has 47 heavy (non-hydrogen) atoms. The van der Waals surface area contributed by atoms with Crippen LogP contribution in [-0.2, 0) is 51.7 Å². The van der Waals surface area contributed by atoms with Gasteiger partial charge in [0.2, 0.25) is 0 Å². The molecule has 4 fully saturated rings. The van der Waals surface area contributed by atoms with Crippen LogP contribution in [0.25, 0.3) is 0 Å². The Labute approximate surface area is 275 Å². The number of carbonyl (C=O) groups excluding carboxylic acids is 4. The summed E-state index contributed by atoms with van der Waals surface area (Å²) in [5.74, 6) is -5.36. The number of hydrogen-bond acceptors (Lipinski definition) is 12. The van der Waals surface area contributed by atoms with E-state index < -0.39 is 80.6 Å². The van der Waals surface area contributed by atoms with Crippen LogP contribution in [0.2, 0.25) is 0 Å². The Morgan fingerprint density at radius 3 is 1.62 bits per heavy atom. The van der Waals surface area contributed by atoms with Gasteiger partial charge in [0.1, 0.15) is 0 Å². The van der Waals surface area contributed by atoms with Crippen molar-refractivity contribution in [3.05, 3.63) is 0 Å². The Balaban J connectivity index is 1.59. The number of aliphatic hydroxyl groups excluding tert-OH is 1. The molecule has 1 saturated heterocycles. The van der Waals surface area contributed by atoms with Crippen molar-refractivity contribution < 1.29 is 65.2 Å². The summed E-state index contributed by atoms with van der Waals surface area (Å²) in [6.07, 6.45) is -0.443. The van der Waals surface area contributed by atoms with E-state index in [4.69, 9.17) is 32.5 Å². The van der Waals surface area contributed by atoms with Gasteiger partial charge in [-0.05, 0) is 0 Å². The molecular weight excluding hydrogens is 645 g/mol. The van der Waals surface area contributed by atoms with E-state index in [9.17, 15) is 24.3 Å². The summed E-state index contributed by atoms with van der Waals surface area (Å²) < 4.78 is 69.5. The molecule has 5 unspecified atom stereocenters. The monoisotopic (exact) mass is 696 g/mol. The standard InChI is InChI=1S/C32H51F2O12P/c1-3-14-21(4-2)40-31(38)27-28(32(39)43-24-19-12-7-13-20-24)46-47(33,34,45-27)44-26(30(37)42-23-17-10-6-11-18-23)25(35)29(36)41-22-15-8-5-9-16-22/h21-28,35H,3-20H2,1-2H3. The van der Waals surface area contributed by atoms with Crippen LogP contribution in [0.1, 0.15) is 129 Å². The second kappa shape index (κ2) is 17.1. The number of rotatable bonds is 14.